The molecular weight excluding hydrogens is 396 g/mol. The van der Waals surface area contributed by atoms with E-state index in [4.69, 9.17) is 4.74 Å². The van der Waals surface area contributed by atoms with Crippen molar-refractivity contribution in [3.05, 3.63) is 107 Å². The first-order valence-corrected chi connectivity index (χ1v) is 9.43. The van der Waals surface area contributed by atoms with Gasteiger partial charge >= 0.3 is 0 Å². The van der Waals surface area contributed by atoms with Crippen molar-refractivity contribution in [2.75, 3.05) is 5.32 Å². The van der Waals surface area contributed by atoms with Crippen LogP contribution in [0.2, 0.25) is 0 Å². The molecule has 0 saturated heterocycles. The molecule has 0 spiro atoms. The van der Waals surface area contributed by atoms with Crippen molar-refractivity contribution >= 4 is 17.3 Å². The smallest absolute Gasteiger partial charge is 0.294 e. The van der Waals surface area contributed by atoms with Crippen molar-refractivity contribution in [3.63, 3.8) is 0 Å². The predicted molar refractivity (Wildman–Crippen MR) is 116 cm³/mol. The molecule has 1 N–H and O–H groups in total. The minimum atomic E-state index is -0.527. The summed E-state index contributed by atoms with van der Waals surface area (Å²) in [5, 5.41) is 14.3. The zero-order chi connectivity index (χ0) is 21.8. The van der Waals surface area contributed by atoms with Crippen molar-refractivity contribution < 1.29 is 14.5 Å². The van der Waals surface area contributed by atoms with E-state index in [1.807, 2.05) is 31.2 Å². The summed E-state index contributed by atoms with van der Waals surface area (Å²) < 4.78 is 7.42. The van der Waals surface area contributed by atoms with Gasteiger partial charge in [-0.25, -0.2) is 4.98 Å². The summed E-state index contributed by atoms with van der Waals surface area (Å²) in [7, 11) is 0. The summed E-state index contributed by atoms with van der Waals surface area (Å²) in [6.45, 7) is 1.98. The highest BCUT2D eigenvalue weighted by Gasteiger charge is 2.19. The molecule has 0 bridgehead atoms. The second kappa shape index (κ2) is 8.50. The van der Waals surface area contributed by atoms with Crippen LogP contribution < -0.4 is 10.1 Å². The van der Waals surface area contributed by atoms with E-state index in [-0.39, 0.29) is 11.3 Å². The van der Waals surface area contributed by atoms with Gasteiger partial charge in [-0.15, -0.1) is 0 Å². The van der Waals surface area contributed by atoms with Crippen molar-refractivity contribution in [2.45, 2.75) is 6.92 Å². The molecule has 154 valence electrons. The summed E-state index contributed by atoms with van der Waals surface area (Å²) in [6, 6.07) is 18.8. The molecule has 0 saturated carbocycles. The minimum absolute atomic E-state index is 0.153. The Bertz CT molecular complexity index is 1230. The third kappa shape index (κ3) is 4.43. The molecule has 0 aliphatic rings. The topological polar surface area (TPSA) is 99.3 Å². The van der Waals surface area contributed by atoms with E-state index in [1.165, 1.54) is 35.3 Å². The highest BCUT2D eigenvalue weighted by atomic mass is 16.6. The molecule has 1 amide bonds. The summed E-state index contributed by atoms with van der Waals surface area (Å²) >= 11 is 0. The van der Waals surface area contributed by atoms with Crippen molar-refractivity contribution in [1.29, 1.82) is 0 Å². The molecule has 0 atom stereocenters. The fourth-order valence-corrected chi connectivity index (χ4v) is 3.02. The molecule has 0 aliphatic carbocycles. The summed E-state index contributed by atoms with van der Waals surface area (Å²) in [5.41, 5.74) is 1.83. The summed E-state index contributed by atoms with van der Waals surface area (Å²) in [5.74, 6) is 0.608. The third-order valence-electron chi connectivity index (χ3n) is 4.60. The number of aryl methyl sites for hydroxylation is 1. The second-order valence-electron chi connectivity index (χ2n) is 6.80. The van der Waals surface area contributed by atoms with Gasteiger partial charge in [-0.05, 0) is 43.3 Å². The highest BCUT2D eigenvalue weighted by molar-refractivity contribution is 6.05. The van der Waals surface area contributed by atoms with E-state index in [9.17, 15) is 14.9 Å². The van der Waals surface area contributed by atoms with Crippen molar-refractivity contribution in [3.8, 4) is 17.2 Å². The van der Waals surface area contributed by atoms with Gasteiger partial charge in [-0.3, -0.25) is 14.9 Å². The molecule has 8 nitrogen and oxygen atoms in total. The van der Waals surface area contributed by atoms with E-state index >= 15 is 0 Å². The first-order valence-electron chi connectivity index (χ1n) is 9.43. The number of aromatic nitrogens is 2. The number of nitro groups is 1. The Kier molecular flexibility index (Phi) is 5.44. The Hall–Kier alpha value is -4.46. The van der Waals surface area contributed by atoms with Gasteiger partial charge in [0, 0.05) is 24.0 Å². The van der Waals surface area contributed by atoms with Gasteiger partial charge in [0.2, 0.25) is 0 Å². The molecule has 0 radical (unpaired) electrons. The number of ether oxygens (including phenoxy) is 1. The first kappa shape index (κ1) is 19.8. The number of hydrogen-bond acceptors (Lipinski definition) is 5. The van der Waals surface area contributed by atoms with Crippen LogP contribution in [0, 0.1) is 17.0 Å². The molecule has 3 aromatic carbocycles. The number of rotatable bonds is 6. The number of nitrogens with one attached hydrogen (secondary N) is 1. The Labute approximate surface area is 177 Å². The lowest BCUT2D eigenvalue weighted by molar-refractivity contribution is -0.384. The maximum Gasteiger partial charge on any atom is 0.294 e. The van der Waals surface area contributed by atoms with E-state index < -0.39 is 10.8 Å². The van der Waals surface area contributed by atoms with Gasteiger partial charge in [-0.2, -0.15) is 0 Å². The largest absolute Gasteiger partial charge is 0.455 e. The Morgan fingerprint density at radius 3 is 2.58 bits per heavy atom. The molecular formula is C23H18N4O4. The van der Waals surface area contributed by atoms with Crippen LogP contribution in [0.15, 0.2) is 85.5 Å². The van der Waals surface area contributed by atoms with Crippen LogP contribution in [0.1, 0.15) is 15.9 Å². The molecule has 31 heavy (non-hydrogen) atoms. The van der Waals surface area contributed by atoms with Gasteiger partial charge in [-0.1, -0.05) is 29.8 Å². The molecule has 0 fully saturated rings. The van der Waals surface area contributed by atoms with Gasteiger partial charge in [0.05, 0.1) is 16.9 Å². The Balaban J connectivity index is 1.59. The molecule has 0 aliphatic heterocycles. The van der Waals surface area contributed by atoms with Crippen LogP contribution in [0.3, 0.4) is 0 Å². The highest BCUT2D eigenvalue weighted by Crippen LogP contribution is 2.30. The van der Waals surface area contributed by atoms with E-state index in [0.29, 0.717) is 22.9 Å². The number of carbonyl (C=O) groups is 1. The number of imidazole rings is 1. The van der Waals surface area contributed by atoms with Gasteiger partial charge in [0.1, 0.15) is 11.4 Å². The van der Waals surface area contributed by atoms with Crippen molar-refractivity contribution in [1.82, 2.24) is 9.55 Å². The number of para-hydroxylation sites is 2. The van der Waals surface area contributed by atoms with Gasteiger partial charge in [0.15, 0.2) is 5.75 Å². The molecule has 4 aromatic rings. The zero-order valence-corrected chi connectivity index (χ0v) is 16.6. The van der Waals surface area contributed by atoms with E-state index in [0.717, 1.165) is 5.56 Å². The first-order chi connectivity index (χ1) is 15.0. The van der Waals surface area contributed by atoms with Gasteiger partial charge < -0.3 is 14.6 Å². The number of carbonyl (C=O) groups excluding carboxylic acids is 1. The standard InChI is InChI=1S/C23H18N4O4/c1-16-6-9-18(10-7-16)31-22-5-3-2-4-19(22)25-23(28)17-8-11-20(21(14-17)27(29)30)26-13-12-24-15-26/h2-15H,1H3,(H,25,28). The molecule has 1 heterocycles. The fraction of sp³-hybridized carbons (Fsp3) is 0.0435. The fourth-order valence-electron chi connectivity index (χ4n) is 3.02. The van der Waals surface area contributed by atoms with Crippen LogP contribution in [-0.4, -0.2) is 20.4 Å². The lowest BCUT2D eigenvalue weighted by atomic mass is 10.1. The SMILES string of the molecule is Cc1ccc(Oc2ccccc2NC(=O)c2ccc(-n3ccnc3)c([N+](=O)[O-])c2)cc1. The third-order valence-corrected chi connectivity index (χ3v) is 4.60. The maximum atomic E-state index is 12.8. The van der Waals surface area contributed by atoms with Crippen LogP contribution in [0.25, 0.3) is 5.69 Å². The molecule has 0 unspecified atom stereocenters. The monoisotopic (exact) mass is 414 g/mol. The number of anilines is 1. The van der Waals surface area contributed by atoms with E-state index in [1.54, 1.807) is 30.5 Å². The Morgan fingerprint density at radius 2 is 1.87 bits per heavy atom. The normalized spacial score (nSPS) is 10.5. The van der Waals surface area contributed by atoms with Crippen LogP contribution in [-0.2, 0) is 0 Å². The van der Waals surface area contributed by atoms with Crippen LogP contribution in [0.4, 0.5) is 11.4 Å². The number of hydrogen-bond donors (Lipinski definition) is 1. The average Bonchev–Trinajstić information content (AvgIpc) is 3.31. The minimum Gasteiger partial charge on any atom is -0.455 e. The summed E-state index contributed by atoms with van der Waals surface area (Å²) in [6.07, 6.45) is 4.58. The number of nitro benzene ring substituents is 1. The molecule has 1 aromatic heterocycles. The molecule has 8 heteroatoms. The van der Waals surface area contributed by atoms with Crippen LogP contribution >= 0.6 is 0 Å². The zero-order valence-electron chi connectivity index (χ0n) is 16.6. The summed E-state index contributed by atoms with van der Waals surface area (Å²) in [4.78, 5) is 27.8. The quantitative estimate of drug-likeness (QED) is 0.348. The van der Waals surface area contributed by atoms with Gasteiger partial charge in [0.25, 0.3) is 11.6 Å². The number of amides is 1. The average molecular weight is 414 g/mol. The number of nitrogens with zero attached hydrogens (tertiary/aromatic N) is 3. The van der Waals surface area contributed by atoms with E-state index in [2.05, 4.69) is 10.3 Å². The lowest BCUT2D eigenvalue weighted by Gasteiger charge is -2.13. The van der Waals surface area contributed by atoms with Crippen LogP contribution in [0.5, 0.6) is 11.5 Å². The second-order valence-corrected chi connectivity index (χ2v) is 6.80. The lowest BCUT2D eigenvalue weighted by Crippen LogP contribution is -2.13. The maximum absolute atomic E-state index is 12.8. The predicted octanol–water partition coefficient (Wildman–Crippen LogP) is 5.13. The van der Waals surface area contributed by atoms with Crippen molar-refractivity contribution in [2.24, 2.45) is 0 Å². The Morgan fingerprint density at radius 1 is 1.10 bits per heavy atom. The number of benzene rings is 3. The molecule has 4 rings (SSSR count).